The van der Waals surface area contributed by atoms with Gasteiger partial charge in [0.1, 0.15) is 0 Å². The number of anilines is 6. The number of rotatable bonds is 0. The van der Waals surface area contributed by atoms with Gasteiger partial charge >= 0.3 is 0 Å². The summed E-state index contributed by atoms with van der Waals surface area (Å²) in [5, 5.41) is 0. The van der Waals surface area contributed by atoms with Gasteiger partial charge in [0.2, 0.25) is 0 Å². The highest BCUT2D eigenvalue weighted by Crippen LogP contribution is 2.66. The number of hydrogen-bond acceptors (Lipinski definition) is 2. The molecule has 7 aromatic rings. The third-order valence-electron chi connectivity index (χ3n) is 17.3. The minimum absolute atomic E-state index is 0.104. The zero-order valence-corrected chi connectivity index (χ0v) is 38.4. The predicted molar refractivity (Wildman–Crippen MR) is 259 cm³/mol. The lowest BCUT2D eigenvalue weighted by atomic mass is 9.65. The van der Waals surface area contributed by atoms with Crippen molar-refractivity contribution in [2.75, 3.05) is 9.80 Å². The van der Waals surface area contributed by atoms with Gasteiger partial charge in [-0.2, -0.15) is 0 Å². The van der Waals surface area contributed by atoms with Crippen molar-refractivity contribution in [1.82, 2.24) is 0 Å². The van der Waals surface area contributed by atoms with E-state index in [-0.39, 0.29) is 32.5 Å². The predicted octanol–water partition coefficient (Wildman–Crippen LogP) is 15.8. The van der Waals surface area contributed by atoms with E-state index < -0.39 is 0 Å². The third-order valence-corrected chi connectivity index (χ3v) is 17.3. The third kappa shape index (κ3) is 3.93. The number of benzene rings is 7. The molecule has 4 aliphatic heterocycles. The molecule has 0 bridgehead atoms. The van der Waals surface area contributed by atoms with Crippen LogP contribution in [0, 0.1) is 0 Å². The van der Waals surface area contributed by atoms with Gasteiger partial charge in [0.05, 0.1) is 34.1 Å². The Labute approximate surface area is 368 Å². The molecule has 4 heterocycles. The van der Waals surface area contributed by atoms with Gasteiger partial charge in [-0.05, 0) is 125 Å². The largest absolute Gasteiger partial charge is 0.309 e. The summed E-state index contributed by atoms with van der Waals surface area (Å²) in [6.45, 7) is 29.4. The molecule has 0 aromatic heterocycles. The lowest BCUT2D eigenvalue weighted by Crippen LogP contribution is -2.38. The smallest absolute Gasteiger partial charge is 0.0543 e. The highest BCUT2D eigenvalue weighted by atomic mass is 15.2. The van der Waals surface area contributed by atoms with Crippen LogP contribution in [0.5, 0.6) is 0 Å². The van der Waals surface area contributed by atoms with Crippen molar-refractivity contribution < 1.29 is 0 Å². The summed E-state index contributed by atoms with van der Waals surface area (Å²) in [6.07, 6.45) is 0. The Morgan fingerprint density at radius 1 is 0.258 bits per heavy atom. The minimum atomic E-state index is -0.218. The maximum atomic E-state index is 2.63. The fraction of sp³-hybridized carbons (Fsp3) is 0.300. The van der Waals surface area contributed by atoms with E-state index >= 15 is 0 Å². The van der Waals surface area contributed by atoms with Crippen molar-refractivity contribution in [2.45, 2.75) is 116 Å². The number of hydrogen-bond donors (Lipinski definition) is 0. The summed E-state index contributed by atoms with van der Waals surface area (Å²) in [4.78, 5) is 5.26. The maximum Gasteiger partial charge on any atom is 0.0543 e. The SMILES string of the molecule is CC1(C)c2ccccc2N2c3cc4c(cc3C(C)(C)c3cccc1c32)-c1ccc2c(c1C4(C)C)C(C)(C)c1cc3c(cc1-2)C(C)(C)c1cccc2c1N3c1ccccc1C2(C)C. The summed E-state index contributed by atoms with van der Waals surface area (Å²) >= 11 is 0. The lowest BCUT2D eigenvalue weighted by Gasteiger charge is -2.49. The zero-order valence-electron chi connectivity index (χ0n) is 38.4. The average molecular weight is 805 g/mol. The topological polar surface area (TPSA) is 6.48 Å². The van der Waals surface area contributed by atoms with Crippen molar-refractivity contribution in [3.8, 4) is 22.3 Å². The van der Waals surface area contributed by atoms with E-state index in [1.165, 1.54) is 123 Å². The van der Waals surface area contributed by atoms with Crippen molar-refractivity contribution in [1.29, 1.82) is 0 Å². The van der Waals surface area contributed by atoms with E-state index in [9.17, 15) is 0 Å². The Bertz CT molecular complexity index is 3040. The van der Waals surface area contributed by atoms with Crippen LogP contribution < -0.4 is 9.80 Å². The highest BCUT2D eigenvalue weighted by Gasteiger charge is 2.52. The Hall–Kier alpha value is -5.86. The first-order valence-electron chi connectivity index (χ1n) is 23.0. The molecule has 7 aromatic carbocycles. The molecule has 2 aliphatic carbocycles. The molecule has 0 atom stereocenters. The van der Waals surface area contributed by atoms with Crippen LogP contribution in [0.2, 0.25) is 0 Å². The normalized spacial score (nSPS) is 20.0. The van der Waals surface area contributed by atoms with Crippen LogP contribution in [0.3, 0.4) is 0 Å². The summed E-state index contributed by atoms with van der Waals surface area (Å²) in [7, 11) is 0. The summed E-state index contributed by atoms with van der Waals surface area (Å²) < 4.78 is 0. The number of para-hydroxylation sites is 4. The Morgan fingerprint density at radius 2 is 0.581 bits per heavy atom. The lowest BCUT2D eigenvalue weighted by molar-refractivity contribution is 0.589. The van der Waals surface area contributed by atoms with Gasteiger partial charge in [0.15, 0.2) is 0 Å². The second kappa shape index (κ2) is 10.8. The molecule has 0 fully saturated rings. The molecule has 306 valence electrons. The molecule has 2 nitrogen and oxygen atoms in total. The number of nitrogens with zero attached hydrogens (tertiary/aromatic N) is 2. The van der Waals surface area contributed by atoms with Crippen LogP contribution in [0.4, 0.5) is 34.1 Å². The molecular formula is C60H56N2. The Morgan fingerprint density at radius 3 is 0.952 bits per heavy atom. The van der Waals surface area contributed by atoms with Crippen molar-refractivity contribution in [3.63, 3.8) is 0 Å². The van der Waals surface area contributed by atoms with E-state index in [1.54, 1.807) is 0 Å². The molecular weight excluding hydrogens is 749 g/mol. The van der Waals surface area contributed by atoms with Gasteiger partial charge in [-0.25, -0.2) is 0 Å². The summed E-state index contributed by atoms with van der Waals surface area (Å²) in [5.41, 5.74) is 29.7. The quantitative estimate of drug-likeness (QED) is 0.151. The molecule has 2 heteroatoms. The van der Waals surface area contributed by atoms with Gasteiger partial charge < -0.3 is 9.80 Å². The molecule has 62 heavy (non-hydrogen) atoms. The molecule has 0 amide bonds. The van der Waals surface area contributed by atoms with Crippen LogP contribution in [-0.2, 0) is 32.5 Å². The molecule has 0 saturated heterocycles. The van der Waals surface area contributed by atoms with Crippen molar-refractivity contribution in [2.24, 2.45) is 0 Å². The molecule has 0 radical (unpaired) electrons. The standard InChI is InChI=1S/C60H56N2/c1-55(2)37-19-13-15-25-47(37)61-49-31-43-35(29-45(49)57(5,6)41-23-17-21-39(55)53(41)61)33-27-28-34-36-30-46-50(32-44(36)60(11,12)52(34)51(33)59(43,9)10)62-48-26-16-14-20-38(48)56(3,4)40-22-18-24-42(54(40)62)58(46,7)8/h13-32H,1-12H3. The molecule has 13 rings (SSSR count). The fourth-order valence-corrected chi connectivity index (χ4v) is 13.9. The van der Waals surface area contributed by atoms with Gasteiger partial charge in [-0.3, -0.25) is 0 Å². The van der Waals surface area contributed by atoms with Crippen LogP contribution in [0.1, 0.15) is 150 Å². The van der Waals surface area contributed by atoms with Gasteiger partial charge in [-0.15, -0.1) is 0 Å². The van der Waals surface area contributed by atoms with Crippen LogP contribution >= 0.6 is 0 Å². The Balaban J connectivity index is 1.03. The van der Waals surface area contributed by atoms with Crippen LogP contribution in [0.15, 0.2) is 121 Å². The first kappa shape index (κ1) is 36.8. The number of fused-ring (bicyclic) bond motifs is 15. The first-order chi connectivity index (χ1) is 29.3. The molecule has 0 N–H and O–H groups in total. The summed E-state index contributed by atoms with van der Waals surface area (Å²) in [6, 6.07) is 47.8. The maximum absolute atomic E-state index is 2.63. The van der Waals surface area contributed by atoms with E-state index in [0.717, 1.165) is 0 Å². The first-order valence-corrected chi connectivity index (χ1v) is 23.0. The zero-order chi connectivity index (χ0) is 43.0. The molecule has 0 unspecified atom stereocenters. The van der Waals surface area contributed by atoms with Gasteiger partial charge in [0.25, 0.3) is 0 Å². The van der Waals surface area contributed by atoms with E-state index in [4.69, 9.17) is 0 Å². The summed E-state index contributed by atoms with van der Waals surface area (Å²) in [5.74, 6) is 0. The molecule has 0 saturated carbocycles. The minimum Gasteiger partial charge on any atom is -0.309 e. The van der Waals surface area contributed by atoms with E-state index in [2.05, 4.69) is 214 Å². The van der Waals surface area contributed by atoms with Gasteiger partial charge in [0, 0.05) is 32.5 Å². The molecule has 6 aliphatic rings. The van der Waals surface area contributed by atoms with Crippen molar-refractivity contribution >= 4 is 34.1 Å². The Kier molecular flexibility index (Phi) is 6.42. The van der Waals surface area contributed by atoms with Gasteiger partial charge in [-0.1, -0.05) is 168 Å². The highest BCUT2D eigenvalue weighted by molar-refractivity contribution is 6.00. The second-order valence-electron chi connectivity index (χ2n) is 22.6. The average Bonchev–Trinajstić information content (AvgIpc) is 3.60. The van der Waals surface area contributed by atoms with Crippen LogP contribution in [-0.4, -0.2) is 0 Å². The van der Waals surface area contributed by atoms with E-state index in [0.29, 0.717) is 0 Å². The molecule has 0 spiro atoms. The monoisotopic (exact) mass is 804 g/mol. The fourth-order valence-electron chi connectivity index (χ4n) is 13.9. The van der Waals surface area contributed by atoms with Crippen LogP contribution in [0.25, 0.3) is 22.3 Å². The van der Waals surface area contributed by atoms with Crippen molar-refractivity contribution in [3.05, 3.63) is 188 Å². The second-order valence-corrected chi connectivity index (χ2v) is 22.6. The van der Waals surface area contributed by atoms with E-state index in [1.807, 2.05) is 0 Å².